The fraction of sp³-hybridized carbons (Fsp3) is 0.194. The van der Waals surface area contributed by atoms with E-state index in [1.165, 1.54) is 38.5 Å². The Morgan fingerprint density at radius 3 is 2.40 bits per heavy atom. The second-order valence-corrected chi connectivity index (χ2v) is 10.6. The number of hydrogen-bond donors (Lipinski definition) is 2. The number of hydrogen-bond acceptors (Lipinski definition) is 10. The van der Waals surface area contributed by atoms with Gasteiger partial charge in [-0.15, -0.1) is 0 Å². The van der Waals surface area contributed by atoms with Crippen LogP contribution in [0.1, 0.15) is 22.8 Å². The highest BCUT2D eigenvalue weighted by atomic mass is 35.5. The summed E-state index contributed by atoms with van der Waals surface area (Å²) in [6, 6.07) is 16.0. The Balaban J connectivity index is 1.38. The molecule has 1 aliphatic heterocycles. The lowest BCUT2D eigenvalue weighted by atomic mass is 10.2. The van der Waals surface area contributed by atoms with Crippen LogP contribution in [0.15, 0.2) is 65.6 Å². The van der Waals surface area contributed by atoms with Crippen LogP contribution >= 0.6 is 23.4 Å². The summed E-state index contributed by atoms with van der Waals surface area (Å²) in [6.45, 7) is 0.936. The number of rotatable bonds is 12. The smallest absolute Gasteiger partial charge is 0.339 e. The van der Waals surface area contributed by atoms with Crippen molar-refractivity contribution in [2.45, 2.75) is 6.92 Å². The summed E-state index contributed by atoms with van der Waals surface area (Å²) in [7, 11) is 2.92. The highest BCUT2D eigenvalue weighted by molar-refractivity contribution is 8.18. The summed E-state index contributed by atoms with van der Waals surface area (Å²) in [5, 5.41) is 4.79. The van der Waals surface area contributed by atoms with Crippen LogP contribution in [-0.4, -0.2) is 67.8 Å². The molecule has 1 saturated heterocycles. The molecule has 3 aromatic carbocycles. The minimum absolute atomic E-state index is 0.0633. The van der Waals surface area contributed by atoms with Crippen molar-refractivity contribution in [2.24, 2.45) is 0 Å². The maximum absolute atomic E-state index is 13.0. The van der Waals surface area contributed by atoms with Crippen LogP contribution in [0.4, 0.5) is 16.2 Å². The second-order valence-electron chi connectivity index (χ2n) is 9.18. The zero-order valence-electron chi connectivity index (χ0n) is 24.4. The first-order valence-corrected chi connectivity index (χ1v) is 14.6. The number of nitrogens with one attached hydrogen (secondary N) is 2. The molecule has 2 N–H and O–H groups in total. The van der Waals surface area contributed by atoms with Crippen LogP contribution in [0.5, 0.6) is 17.2 Å². The number of para-hydroxylation sites is 2. The van der Waals surface area contributed by atoms with Crippen molar-refractivity contribution in [2.75, 3.05) is 44.6 Å². The standard InChI is InChI=1S/C31H28ClN3O9S/c1-4-43-30(39)20-15-19(10-11-21(20)32)33-27(36)16-35-29(38)26(45-31(35)40)14-18-9-12-24(25(13-18)42-3)44-17-28(37)34-22-7-5-6-8-23(22)41-2/h5-15H,4,16-17H2,1-3H3,(H,33,36)(H,34,37)/b26-14-. The highest BCUT2D eigenvalue weighted by Crippen LogP contribution is 2.35. The minimum atomic E-state index is -0.659. The van der Waals surface area contributed by atoms with Gasteiger partial charge in [-0.25, -0.2) is 4.79 Å². The van der Waals surface area contributed by atoms with Gasteiger partial charge in [0.2, 0.25) is 5.91 Å². The van der Waals surface area contributed by atoms with E-state index in [4.69, 9.17) is 30.5 Å². The average molecular weight is 654 g/mol. The quantitative estimate of drug-likeness (QED) is 0.197. The maximum atomic E-state index is 13.0. The van der Waals surface area contributed by atoms with Gasteiger partial charge in [0.1, 0.15) is 12.3 Å². The summed E-state index contributed by atoms with van der Waals surface area (Å²) in [6.07, 6.45) is 1.48. The lowest BCUT2D eigenvalue weighted by Crippen LogP contribution is -2.36. The van der Waals surface area contributed by atoms with Crippen molar-refractivity contribution in [1.82, 2.24) is 4.90 Å². The largest absolute Gasteiger partial charge is 0.495 e. The molecule has 0 saturated carbocycles. The number of thioether (sulfide) groups is 1. The third-order valence-corrected chi connectivity index (χ3v) is 7.38. The molecule has 0 bridgehead atoms. The Kier molecular flexibility index (Phi) is 11.1. The zero-order chi connectivity index (χ0) is 32.5. The number of carbonyl (C=O) groups is 5. The number of nitrogens with zero attached hydrogens (tertiary/aromatic N) is 1. The van der Waals surface area contributed by atoms with Gasteiger partial charge in [0.05, 0.1) is 42.0 Å². The molecule has 45 heavy (non-hydrogen) atoms. The first-order valence-electron chi connectivity index (χ1n) is 13.4. The molecule has 0 radical (unpaired) electrons. The average Bonchev–Trinajstić information content (AvgIpc) is 3.28. The number of benzene rings is 3. The van der Waals surface area contributed by atoms with E-state index in [0.717, 1.165) is 4.90 Å². The molecule has 0 spiro atoms. The van der Waals surface area contributed by atoms with Crippen LogP contribution in [0.2, 0.25) is 5.02 Å². The molecule has 1 fully saturated rings. The summed E-state index contributed by atoms with van der Waals surface area (Å²) in [4.78, 5) is 63.7. The topological polar surface area (TPSA) is 150 Å². The molecule has 12 nitrogen and oxygen atoms in total. The predicted octanol–water partition coefficient (Wildman–Crippen LogP) is 5.23. The molecule has 4 rings (SSSR count). The number of carbonyl (C=O) groups excluding carboxylic acids is 5. The van der Waals surface area contributed by atoms with Crippen molar-refractivity contribution in [3.8, 4) is 17.2 Å². The van der Waals surface area contributed by atoms with E-state index in [-0.39, 0.29) is 45.9 Å². The van der Waals surface area contributed by atoms with Gasteiger partial charge >= 0.3 is 5.97 Å². The normalized spacial score (nSPS) is 13.4. The van der Waals surface area contributed by atoms with Gasteiger partial charge in [-0.1, -0.05) is 29.8 Å². The van der Waals surface area contributed by atoms with Gasteiger partial charge in [-0.05, 0) is 72.8 Å². The van der Waals surface area contributed by atoms with Crippen LogP contribution in [-0.2, 0) is 19.1 Å². The number of methoxy groups -OCH3 is 2. The van der Waals surface area contributed by atoms with Crippen LogP contribution in [0, 0.1) is 0 Å². The van der Waals surface area contributed by atoms with Crippen molar-refractivity contribution >= 4 is 69.7 Å². The molecular formula is C31H28ClN3O9S. The number of halogens is 1. The first-order chi connectivity index (χ1) is 21.6. The highest BCUT2D eigenvalue weighted by Gasteiger charge is 2.36. The van der Waals surface area contributed by atoms with Crippen molar-refractivity contribution in [3.63, 3.8) is 0 Å². The summed E-state index contributed by atoms with van der Waals surface area (Å²) >= 11 is 6.74. The first kappa shape index (κ1) is 32.9. The third kappa shape index (κ3) is 8.34. The number of anilines is 2. The Morgan fingerprint density at radius 1 is 0.911 bits per heavy atom. The third-order valence-electron chi connectivity index (χ3n) is 6.15. The number of imide groups is 1. The van der Waals surface area contributed by atoms with Gasteiger partial charge in [0, 0.05) is 5.69 Å². The van der Waals surface area contributed by atoms with Gasteiger partial charge < -0.3 is 29.6 Å². The molecule has 3 aromatic rings. The van der Waals surface area contributed by atoms with Gasteiger partial charge in [-0.2, -0.15) is 0 Å². The molecule has 1 heterocycles. The van der Waals surface area contributed by atoms with E-state index in [1.807, 2.05) is 0 Å². The van der Waals surface area contributed by atoms with Gasteiger partial charge in [-0.3, -0.25) is 24.1 Å². The molecule has 0 atom stereocenters. The molecule has 234 valence electrons. The van der Waals surface area contributed by atoms with E-state index in [0.29, 0.717) is 28.8 Å². The van der Waals surface area contributed by atoms with Gasteiger partial charge in [0.15, 0.2) is 18.1 Å². The fourth-order valence-corrected chi connectivity index (χ4v) is 5.10. The van der Waals surface area contributed by atoms with E-state index in [2.05, 4.69) is 10.6 Å². The van der Waals surface area contributed by atoms with Crippen LogP contribution in [0.3, 0.4) is 0 Å². The number of ether oxygens (including phenoxy) is 4. The summed E-state index contributed by atoms with van der Waals surface area (Å²) in [5.41, 5.74) is 1.31. The van der Waals surface area contributed by atoms with Crippen molar-refractivity contribution < 1.29 is 42.9 Å². The molecule has 0 aliphatic carbocycles. The Bertz CT molecular complexity index is 1680. The lowest BCUT2D eigenvalue weighted by molar-refractivity contribution is -0.127. The van der Waals surface area contributed by atoms with E-state index < -0.39 is 35.5 Å². The Hall–Kier alpha value is -5.01. The summed E-state index contributed by atoms with van der Waals surface area (Å²) < 4.78 is 21.2. The number of esters is 1. The van der Waals surface area contributed by atoms with Crippen molar-refractivity contribution in [3.05, 3.63) is 81.7 Å². The second kappa shape index (κ2) is 15.1. The van der Waals surface area contributed by atoms with Crippen LogP contribution < -0.4 is 24.8 Å². The monoisotopic (exact) mass is 653 g/mol. The van der Waals surface area contributed by atoms with E-state index >= 15 is 0 Å². The predicted molar refractivity (Wildman–Crippen MR) is 169 cm³/mol. The zero-order valence-corrected chi connectivity index (χ0v) is 26.0. The number of amides is 4. The maximum Gasteiger partial charge on any atom is 0.339 e. The molecule has 0 aromatic heterocycles. The van der Waals surface area contributed by atoms with Crippen LogP contribution in [0.25, 0.3) is 6.08 Å². The molecule has 0 unspecified atom stereocenters. The van der Waals surface area contributed by atoms with Crippen molar-refractivity contribution in [1.29, 1.82) is 0 Å². The lowest BCUT2D eigenvalue weighted by Gasteiger charge is -2.13. The Morgan fingerprint density at radius 2 is 1.67 bits per heavy atom. The molecular weight excluding hydrogens is 626 g/mol. The summed E-state index contributed by atoms with van der Waals surface area (Å²) in [5.74, 6) is -1.31. The molecule has 14 heteroatoms. The molecule has 1 aliphatic rings. The van der Waals surface area contributed by atoms with E-state index in [1.54, 1.807) is 49.4 Å². The van der Waals surface area contributed by atoms with E-state index in [9.17, 15) is 24.0 Å². The fourth-order valence-electron chi connectivity index (χ4n) is 4.07. The SMILES string of the molecule is CCOC(=O)c1cc(NC(=O)CN2C(=O)S/C(=C\c3ccc(OCC(=O)Nc4ccccc4OC)c(OC)c3)C2=O)ccc1Cl. The Labute approximate surface area is 267 Å². The van der Waals surface area contributed by atoms with Gasteiger partial charge in [0.25, 0.3) is 17.1 Å². The minimum Gasteiger partial charge on any atom is -0.495 e. The molecule has 4 amide bonds.